The standard InChI is InChI=1S/C19H21N3O3/c20-25-12-11-22-18(23)14-6-4-5-13-16(21-9-2-1-3-10-21)8-7-15(17(13)14)19(22)24/h4-8H,1-3,9-12,20H2. The van der Waals surface area contributed by atoms with Crippen molar-refractivity contribution < 1.29 is 14.4 Å². The van der Waals surface area contributed by atoms with Gasteiger partial charge in [-0.15, -0.1) is 0 Å². The van der Waals surface area contributed by atoms with E-state index in [1.54, 1.807) is 6.07 Å². The molecule has 2 aliphatic rings. The molecule has 2 heterocycles. The van der Waals surface area contributed by atoms with Crippen molar-refractivity contribution >= 4 is 28.3 Å². The first-order chi connectivity index (χ1) is 12.2. The lowest BCUT2D eigenvalue weighted by molar-refractivity contribution is 0.0523. The van der Waals surface area contributed by atoms with Gasteiger partial charge < -0.3 is 9.74 Å². The minimum absolute atomic E-state index is 0.120. The number of imide groups is 1. The monoisotopic (exact) mass is 339 g/mol. The summed E-state index contributed by atoms with van der Waals surface area (Å²) < 4.78 is 0. The fourth-order valence-corrected chi connectivity index (χ4v) is 3.89. The first-order valence-electron chi connectivity index (χ1n) is 8.71. The van der Waals surface area contributed by atoms with Gasteiger partial charge in [0.15, 0.2) is 0 Å². The van der Waals surface area contributed by atoms with Crippen LogP contribution in [0.25, 0.3) is 10.8 Å². The van der Waals surface area contributed by atoms with E-state index in [9.17, 15) is 9.59 Å². The molecule has 1 fully saturated rings. The Morgan fingerprint density at radius 3 is 2.40 bits per heavy atom. The SMILES string of the molecule is NOCCN1C(=O)c2cccc3c(N4CCCCC4)ccc(c23)C1=O. The third kappa shape index (κ3) is 2.58. The topological polar surface area (TPSA) is 75.9 Å². The number of nitrogens with two attached hydrogens (primary N) is 1. The van der Waals surface area contributed by atoms with Crippen LogP contribution in [0.2, 0.25) is 0 Å². The lowest BCUT2D eigenvalue weighted by Crippen LogP contribution is -2.42. The second-order valence-electron chi connectivity index (χ2n) is 6.54. The van der Waals surface area contributed by atoms with E-state index in [1.807, 2.05) is 24.3 Å². The molecule has 6 nitrogen and oxygen atoms in total. The maximum absolute atomic E-state index is 12.8. The van der Waals surface area contributed by atoms with Crippen LogP contribution >= 0.6 is 0 Å². The van der Waals surface area contributed by atoms with Crippen molar-refractivity contribution in [3.8, 4) is 0 Å². The van der Waals surface area contributed by atoms with E-state index >= 15 is 0 Å². The number of nitrogens with zero attached hydrogens (tertiary/aromatic N) is 2. The third-order valence-electron chi connectivity index (χ3n) is 5.10. The number of carbonyl (C=O) groups is 2. The summed E-state index contributed by atoms with van der Waals surface area (Å²) in [6.45, 7) is 2.30. The van der Waals surface area contributed by atoms with E-state index in [-0.39, 0.29) is 25.0 Å². The van der Waals surface area contributed by atoms with Gasteiger partial charge in [-0.25, -0.2) is 5.90 Å². The zero-order valence-electron chi connectivity index (χ0n) is 14.0. The highest BCUT2D eigenvalue weighted by Crippen LogP contribution is 2.36. The van der Waals surface area contributed by atoms with Gasteiger partial charge in [0, 0.05) is 40.7 Å². The minimum Gasteiger partial charge on any atom is -0.371 e. The molecule has 2 amide bonds. The summed E-state index contributed by atoms with van der Waals surface area (Å²) >= 11 is 0. The zero-order valence-corrected chi connectivity index (χ0v) is 14.0. The third-order valence-corrected chi connectivity index (χ3v) is 5.10. The molecule has 6 heteroatoms. The van der Waals surface area contributed by atoms with Crippen LogP contribution in [0.5, 0.6) is 0 Å². The average Bonchev–Trinajstić information content (AvgIpc) is 2.66. The van der Waals surface area contributed by atoms with E-state index in [0.717, 1.165) is 29.5 Å². The largest absolute Gasteiger partial charge is 0.371 e. The van der Waals surface area contributed by atoms with Gasteiger partial charge in [-0.3, -0.25) is 14.5 Å². The van der Waals surface area contributed by atoms with Gasteiger partial charge in [-0.2, -0.15) is 0 Å². The Morgan fingerprint density at radius 2 is 1.68 bits per heavy atom. The highest BCUT2D eigenvalue weighted by Gasteiger charge is 2.33. The highest BCUT2D eigenvalue weighted by atomic mass is 16.6. The highest BCUT2D eigenvalue weighted by molar-refractivity contribution is 6.26. The molecule has 0 aromatic heterocycles. The fraction of sp³-hybridized carbons (Fsp3) is 0.368. The molecule has 0 radical (unpaired) electrons. The van der Waals surface area contributed by atoms with Crippen LogP contribution in [0.15, 0.2) is 30.3 Å². The maximum atomic E-state index is 12.8. The molecule has 0 bridgehead atoms. The van der Waals surface area contributed by atoms with Crippen LogP contribution in [-0.4, -0.2) is 43.0 Å². The van der Waals surface area contributed by atoms with Crippen molar-refractivity contribution in [2.45, 2.75) is 19.3 Å². The molecule has 2 N–H and O–H groups in total. The van der Waals surface area contributed by atoms with Crippen LogP contribution in [0.1, 0.15) is 40.0 Å². The molecular formula is C19H21N3O3. The molecule has 0 atom stereocenters. The predicted octanol–water partition coefficient (Wildman–Crippen LogP) is 2.32. The summed E-state index contributed by atoms with van der Waals surface area (Å²) in [5, 5.41) is 1.75. The molecular weight excluding hydrogens is 318 g/mol. The van der Waals surface area contributed by atoms with Crippen molar-refractivity contribution in [1.29, 1.82) is 0 Å². The van der Waals surface area contributed by atoms with E-state index in [0.29, 0.717) is 11.1 Å². The normalized spacial score (nSPS) is 17.5. The van der Waals surface area contributed by atoms with E-state index in [4.69, 9.17) is 5.90 Å². The lowest BCUT2D eigenvalue weighted by atomic mass is 9.92. The second-order valence-corrected chi connectivity index (χ2v) is 6.54. The fourth-order valence-electron chi connectivity index (χ4n) is 3.89. The summed E-state index contributed by atoms with van der Waals surface area (Å²) in [5.74, 6) is 4.49. The maximum Gasteiger partial charge on any atom is 0.261 e. The molecule has 4 rings (SSSR count). The summed E-state index contributed by atoms with van der Waals surface area (Å²) in [5.41, 5.74) is 2.26. The minimum atomic E-state index is -0.282. The number of benzene rings is 2. The Morgan fingerprint density at radius 1 is 0.960 bits per heavy atom. The number of anilines is 1. The molecule has 1 saturated heterocycles. The molecule has 0 saturated carbocycles. The number of amides is 2. The molecule has 0 aliphatic carbocycles. The van der Waals surface area contributed by atoms with Gasteiger partial charge in [0.2, 0.25) is 0 Å². The molecule has 25 heavy (non-hydrogen) atoms. The Bertz CT molecular complexity index is 821. The Balaban J connectivity index is 1.85. The van der Waals surface area contributed by atoms with Crippen LogP contribution in [0.3, 0.4) is 0 Å². The van der Waals surface area contributed by atoms with Gasteiger partial charge in [0.05, 0.1) is 13.2 Å². The van der Waals surface area contributed by atoms with Crippen molar-refractivity contribution in [2.75, 3.05) is 31.1 Å². The smallest absolute Gasteiger partial charge is 0.261 e. The lowest BCUT2D eigenvalue weighted by Gasteiger charge is -2.32. The summed E-state index contributed by atoms with van der Waals surface area (Å²) in [4.78, 5) is 33.7. The number of rotatable bonds is 4. The number of piperidine rings is 1. The van der Waals surface area contributed by atoms with Crippen LogP contribution in [-0.2, 0) is 4.84 Å². The van der Waals surface area contributed by atoms with E-state index < -0.39 is 0 Å². The molecule has 2 aromatic carbocycles. The molecule has 0 unspecified atom stereocenters. The predicted molar refractivity (Wildman–Crippen MR) is 95.5 cm³/mol. The van der Waals surface area contributed by atoms with Gasteiger partial charge >= 0.3 is 0 Å². The average molecular weight is 339 g/mol. The number of hydrogen-bond acceptors (Lipinski definition) is 5. The van der Waals surface area contributed by atoms with Crippen LogP contribution in [0.4, 0.5) is 5.69 Å². The molecule has 2 aliphatic heterocycles. The van der Waals surface area contributed by atoms with Gasteiger partial charge in [0.1, 0.15) is 0 Å². The number of hydrogen-bond donors (Lipinski definition) is 1. The summed E-state index contributed by atoms with van der Waals surface area (Å²) in [7, 11) is 0. The zero-order chi connectivity index (χ0) is 17.4. The van der Waals surface area contributed by atoms with Gasteiger partial charge in [-0.05, 0) is 37.5 Å². The van der Waals surface area contributed by atoms with Gasteiger partial charge in [0.25, 0.3) is 11.8 Å². The van der Waals surface area contributed by atoms with E-state index in [1.165, 1.54) is 24.2 Å². The van der Waals surface area contributed by atoms with Crippen molar-refractivity contribution in [3.05, 3.63) is 41.5 Å². The molecule has 130 valence electrons. The Hall–Kier alpha value is -2.44. The Labute approximate surface area is 146 Å². The number of carbonyl (C=O) groups excluding carboxylic acids is 2. The Kier molecular flexibility index (Phi) is 4.15. The first-order valence-corrected chi connectivity index (χ1v) is 8.71. The van der Waals surface area contributed by atoms with Crippen LogP contribution < -0.4 is 10.8 Å². The first kappa shape index (κ1) is 16.1. The summed E-state index contributed by atoms with van der Waals surface area (Å²) in [6, 6.07) is 9.54. The van der Waals surface area contributed by atoms with E-state index in [2.05, 4.69) is 9.74 Å². The second kappa shape index (κ2) is 6.46. The molecule has 0 spiro atoms. The van der Waals surface area contributed by atoms with Crippen molar-refractivity contribution in [1.82, 2.24) is 4.90 Å². The molecule has 2 aromatic rings. The summed E-state index contributed by atoms with van der Waals surface area (Å²) in [6.07, 6.45) is 3.61. The van der Waals surface area contributed by atoms with Gasteiger partial charge in [-0.1, -0.05) is 12.1 Å². The quantitative estimate of drug-likeness (QED) is 0.683. The van der Waals surface area contributed by atoms with Crippen molar-refractivity contribution in [2.24, 2.45) is 5.90 Å². The van der Waals surface area contributed by atoms with Crippen molar-refractivity contribution in [3.63, 3.8) is 0 Å². The van der Waals surface area contributed by atoms with Crippen LogP contribution in [0, 0.1) is 0 Å².